The fourth-order valence-electron chi connectivity index (χ4n) is 2.87. The number of carboxylic acids is 1. The van der Waals surface area contributed by atoms with Gasteiger partial charge in [-0.2, -0.15) is 0 Å². The van der Waals surface area contributed by atoms with E-state index in [2.05, 4.69) is 4.98 Å². The van der Waals surface area contributed by atoms with Gasteiger partial charge in [-0.15, -0.1) is 11.3 Å². The molecule has 1 aromatic heterocycles. The minimum absolute atomic E-state index is 0.200. The summed E-state index contributed by atoms with van der Waals surface area (Å²) < 4.78 is 11.1. The van der Waals surface area contributed by atoms with Crippen LogP contribution < -0.4 is 9.47 Å². The number of methoxy groups -OCH3 is 1. The van der Waals surface area contributed by atoms with Crippen LogP contribution in [0.5, 0.6) is 11.5 Å². The van der Waals surface area contributed by atoms with E-state index >= 15 is 0 Å². The summed E-state index contributed by atoms with van der Waals surface area (Å²) in [6.07, 6.45) is 0.444. The minimum Gasteiger partial charge on any atom is -0.493 e. The average molecular weight is 376 g/mol. The van der Waals surface area contributed by atoms with E-state index in [1.54, 1.807) is 35.5 Å². The van der Waals surface area contributed by atoms with E-state index in [9.17, 15) is 14.7 Å². The van der Waals surface area contributed by atoms with Gasteiger partial charge in [-0.25, -0.2) is 4.98 Å². The molecule has 1 aliphatic heterocycles. The van der Waals surface area contributed by atoms with Crippen LogP contribution in [0.2, 0.25) is 0 Å². The van der Waals surface area contributed by atoms with Crippen LogP contribution in [0.4, 0.5) is 0 Å². The van der Waals surface area contributed by atoms with Crippen LogP contribution in [0.25, 0.3) is 0 Å². The van der Waals surface area contributed by atoms with E-state index in [0.717, 1.165) is 5.69 Å². The van der Waals surface area contributed by atoms with Crippen molar-refractivity contribution in [1.82, 2.24) is 9.88 Å². The zero-order valence-corrected chi connectivity index (χ0v) is 15.4. The lowest BCUT2D eigenvalue weighted by molar-refractivity contribution is -0.147. The van der Waals surface area contributed by atoms with E-state index in [1.807, 2.05) is 5.38 Å². The fourth-order valence-corrected chi connectivity index (χ4v) is 3.42. The number of nitrogens with zero attached hydrogens (tertiary/aromatic N) is 2. The van der Waals surface area contributed by atoms with Crippen molar-refractivity contribution in [2.24, 2.45) is 5.41 Å². The van der Waals surface area contributed by atoms with Gasteiger partial charge in [0.1, 0.15) is 6.61 Å². The molecule has 1 aliphatic rings. The monoisotopic (exact) mass is 376 g/mol. The van der Waals surface area contributed by atoms with Crippen LogP contribution in [-0.4, -0.2) is 47.1 Å². The van der Waals surface area contributed by atoms with Crippen molar-refractivity contribution in [3.63, 3.8) is 0 Å². The maximum Gasteiger partial charge on any atom is 0.311 e. The predicted molar refractivity (Wildman–Crippen MR) is 95.7 cm³/mol. The summed E-state index contributed by atoms with van der Waals surface area (Å²) in [7, 11) is 1.51. The summed E-state index contributed by atoms with van der Waals surface area (Å²) >= 11 is 1.49. The van der Waals surface area contributed by atoms with Crippen molar-refractivity contribution in [2.45, 2.75) is 20.0 Å². The van der Waals surface area contributed by atoms with Gasteiger partial charge < -0.3 is 19.5 Å². The Morgan fingerprint density at radius 2 is 2.19 bits per heavy atom. The Morgan fingerprint density at radius 3 is 2.81 bits per heavy atom. The molecule has 0 aliphatic carbocycles. The first kappa shape index (κ1) is 18.2. The number of likely N-dealkylation sites (tertiary alicyclic amines) is 1. The van der Waals surface area contributed by atoms with Crippen LogP contribution >= 0.6 is 11.3 Å². The molecule has 0 radical (unpaired) electrons. The molecule has 1 fully saturated rings. The van der Waals surface area contributed by atoms with E-state index in [4.69, 9.17) is 9.47 Å². The number of aromatic nitrogens is 1. The molecule has 2 heterocycles. The Bertz CT molecular complexity index is 808. The predicted octanol–water partition coefficient (Wildman–Crippen LogP) is 2.67. The second kappa shape index (κ2) is 7.33. The van der Waals surface area contributed by atoms with Gasteiger partial charge in [0.05, 0.1) is 23.7 Å². The molecule has 26 heavy (non-hydrogen) atoms. The molecule has 0 unspecified atom stereocenters. The van der Waals surface area contributed by atoms with Gasteiger partial charge in [0.2, 0.25) is 0 Å². The van der Waals surface area contributed by atoms with Gasteiger partial charge in [0, 0.05) is 24.0 Å². The summed E-state index contributed by atoms with van der Waals surface area (Å²) in [4.78, 5) is 29.8. The van der Waals surface area contributed by atoms with Crippen LogP contribution in [-0.2, 0) is 11.4 Å². The Balaban J connectivity index is 1.72. The second-order valence-corrected chi connectivity index (χ2v) is 7.20. The second-order valence-electron chi connectivity index (χ2n) is 6.48. The van der Waals surface area contributed by atoms with E-state index in [1.165, 1.54) is 18.4 Å². The third-order valence-corrected chi connectivity index (χ3v) is 5.18. The molecule has 0 bridgehead atoms. The zero-order chi connectivity index (χ0) is 18.7. The van der Waals surface area contributed by atoms with Gasteiger partial charge in [-0.3, -0.25) is 9.59 Å². The first-order valence-corrected chi connectivity index (χ1v) is 9.08. The van der Waals surface area contributed by atoms with E-state index in [0.29, 0.717) is 36.6 Å². The zero-order valence-electron chi connectivity index (χ0n) is 14.6. The number of benzene rings is 1. The summed E-state index contributed by atoms with van der Waals surface area (Å²) in [5.74, 6) is -0.115. The highest BCUT2D eigenvalue weighted by atomic mass is 32.1. The molecular formula is C18H20N2O5S. The smallest absolute Gasteiger partial charge is 0.311 e. The summed E-state index contributed by atoms with van der Waals surface area (Å²) in [5.41, 5.74) is 2.11. The Kier molecular flexibility index (Phi) is 5.13. The molecule has 1 N–H and O–H groups in total. The maximum absolute atomic E-state index is 12.7. The topological polar surface area (TPSA) is 89.0 Å². The SMILES string of the molecule is COc1cc(C(=O)N2CC[C@](C)(C(=O)O)C2)ccc1OCc1cscn1. The molecule has 7 nitrogen and oxygen atoms in total. The van der Waals surface area contributed by atoms with Crippen molar-refractivity contribution in [1.29, 1.82) is 0 Å². The minimum atomic E-state index is -0.893. The summed E-state index contributed by atoms with van der Waals surface area (Å²) in [5, 5.41) is 11.2. The molecule has 1 amide bonds. The number of hydrogen-bond donors (Lipinski definition) is 1. The average Bonchev–Trinajstić information content (AvgIpc) is 3.29. The number of carbonyl (C=O) groups excluding carboxylic acids is 1. The lowest BCUT2D eigenvalue weighted by atomic mass is 9.90. The molecular weight excluding hydrogens is 356 g/mol. The molecule has 1 saturated heterocycles. The van der Waals surface area contributed by atoms with Gasteiger partial charge in [0.25, 0.3) is 5.91 Å². The number of rotatable bonds is 6. The molecule has 1 aromatic carbocycles. The number of amides is 1. The van der Waals surface area contributed by atoms with Gasteiger partial charge in [-0.1, -0.05) is 0 Å². The third-order valence-electron chi connectivity index (χ3n) is 4.55. The lowest BCUT2D eigenvalue weighted by Crippen LogP contribution is -2.34. The quantitative estimate of drug-likeness (QED) is 0.834. The number of hydrogen-bond acceptors (Lipinski definition) is 6. The Morgan fingerprint density at radius 1 is 1.38 bits per heavy atom. The van der Waals surface area contributed by atoms with Crippen LogP contribution in [0.3, 0.4) is 0 Å². The number of thiazole rings is 1. The standard InChI is InChI=1S/C18H20N2O5S/c1-18(17(22)23)5-6-20(10-18)16(21)12-3-4-14(15(7-12)24-2)25-8-13-9-26-11-19-13/h3-4,7,9,11H,5-6,8,10H2,1-2H3,(H,22,23)/t18-/m0/s1. The largest absolute Gasteiger partial charge is 0.493 e. The van der Waals surface area contributed by atoms with Crippen molar-refractivity contribution in [3.05, 3.63) is 40.3 Å². The van der Waals surface area contributed by atoms with E-state index in [-0.39, 0.29) is 12.5 Å². The van der Waals surface area contributed by atoms with Crippen molar-refractivity contribution in [2.75, 3.05) is 20.2 Å². The van der Waals surface area contributed by atoms with Crippen molar-refractivity contribution < 1.29 is 24.2 Å². The van der Waals surface area contributed by atoms with E-state index < -0.39 is 11.4 Å². The molecule has 0 spiro atoms. The molecule has 3 rings (SSSR count). The normalized spacial score (nSPS) is 19.4. The van der Waals surface area contributed by atoms with Gasteiger partial charge in [-0.05, 0) is 31.5 Å². The number of carboxylic acid groups (broad SMARTS) is 1. The van der Waals surface area contributed by atoms with Crippen LogP contribution in [0.1, 0.15) is 29.4 Å². The molecule has 2 aromatic rings. The van der Waals surface area contributed by atoms with Crippen molar-refractivity contribution >= 4 is 23.2 Å². The molecule has 8 heteroatoms. The number of ether oxygens (including phenoxy) is 2. The third kappa shape index (κ3) is 3.65. The van der Waals surface area contributed by atoms with Gasteiger partial charge >= 0.3 is 5.97 Å². The molecule has 1 atom stereocenters. The maximum atomic E-state index is 12.7. The summed E-state index contributed by atoms with van der Waals surface area (Å²) in [6.45, 7) is 2.60. The highest BCUT2D eigenvalue weighted by molar-refractivity contribution is 7.07. The van der Waals surface area contributed by atoms with Crippen LogP contribution in [0.15, 0.2) is 29.1 Å². The number of carbonyl (C=O) groups is 2. The van der Waals surface area contributed by atoms with Gasteiger partial charge in [0.15, 0.2) is 11.5 Å². The first-order valence-electron chi connectivity index (χ1n) is 8.13. The Labute approximate surface area is 155 Å². The summed E-state index contributed by atoms with van der Waals surface area (Å²) in [6, 6.07) is 4.97. The van der Waals surface area contributed by atoms with Crippen LogP contribution in [0, 0.1) is 5.41 Å². The Hall–Kier alpha value is -2.61. The highest BCUT2D eigenvalue weighted by Gasteiger charge is 2.42. The fraction of sp³-hybridized carbons (Fsp3) is 0.389. The lowest BCUT2D eigenvalue weighted by Gasteiger charge is -2.20. The molecule has 0 saturated carbocycles. The first-order chi connectivity index (χ1) is 12.4. The van der Waals surface area contributed by atoms with Crippen molar-refractivity contribution in [3.8, 4) is 11.5 Å². The number of aliphatic carboxylic acids is 1. The molecule has 138 valence electrons. The highest BCUT2D eigenvalue weighted by Crippen LogP contribution is 2.33.